The molecule has 1 amide bonds. The van der Waals surface area contributed by atoms with E-state index in [1.807, 2.05) is 54.6 Å². The number of anilines is 1. The predicted molar refractivity (Wildman–Crippen MR) is 124 cm³/mol. The molecule has 3 N–H and O–H groups in total. The number of hydrazone groups is 1. The average molecular weight is 509 g/mol. The van der Waals surface area contributed by atoms with Crippen LogP contribution in [0.2, 0.25) is 0 Å². The molecule has 5 rings (SSSR count). The van der Waals surface area contributed by atoms with Crippen LogP contribution in [0.25, 0.3) is 27.2 Å². The Kier molecular flexibility index (Phi) is 5.21. The van der Waals surface area contributed by atoms with E-state index in [4.69, 9.17) is 5.73 Å². The summed E-state index contributed by atoms with van der Waals surface area (Å²) in [6.45, 7) is 0. The van der Waals surface area contributed by atoms with Gasteiger partial charge in [0.25, 0.3) is 5.91 Å². The fourth-order valence-corrected chi connectivity index (χ4v) is 4.89. The van der Waals surface area contributed by atoms with Gasteiger partial charge in [-0.2, -0.15) is 9.78 Å². The van der Waals surface area contributed by atoms with Crippen LogP contribution < -0.4 is 11.2 Å². The van der Waals surface area contributed by atoms with Crippen LogP contribution in [0.4, 0.5) is 5.82 Å². The zero-order chi connectivity index (χ0) is 22.1. The van der Waals surface area contributed by atoms with Crippen molar-refractivity contribution >= 4 is 55.3 Å². The van der Waals surface area contributed by atoms with Gasteiger partial charge in [-0.25, -0.2) is 10.1 Å². The van der Waals surface area contributed by atoms with Crippen LogP contribution in [0.5, 0.6) is 0 Å². The number of nitrogens with two attached hydrogens (primary N) is 1. The van der Waals surface area contributed by atoms with Crippen LogP contribution in [0.3, 0.4) is 0 Å². The number of nitrogens with zero attached hydrogens (tertiary/aromatic N) is 6. The Balaban J connectivity index is 1.47. The molecule has 10 nitrogen and oxygen atoms in total. The van der Waals surface area contributed by atoms with Crippen LogP contribution in [-0.2, 0) is 0 Å². The van der Waals surface area contributed by atoms with Crippen molar-refractivity contribution in [2.24, 2.45) is 5.10 Å². The number of aromatic nitrogens is 5. The van der Waals surface area contributed by atoms with Crippen molar-refractivity contribution in [1.29, 1.82) is 0 Å². The van der Waals surface area contributed by atoms with Gasteiger partial charge in [0.05, 0.1) is 11.1 Å². The Morgan fingerprint density at radius 2 is 1.94 bits per heavy atom. The van der Waals surface area contributed by atoms with Gasteiger partial charge in [0.1, 0.15) is 5.69 Å². The number of fused-ring (bicyclic) bond motifs is 1. The van der Waals surface area contributed by atoms with Crippen LogP contribution in [0.15, 0.2) is 68.8 Å². The van der Waals surface area contributed by atoms with Gasteiger partial charge in [-0.1, -0.05) is 53.7 Å². The van der Waals surface area contributed by atoms with E-state index in [2.05, 4.69) is 51.7 Å². The van der Waals surface area contributed by atoms with Crippen LogP contribution in [-0.4, -0.2) is 37.4 Å². The molecule has 0 fully saturated rings. The summed E-state index contributed by atoms with van der Waals surface area (Å²) in [5, 5.41) is 20.6. The van der Waals surface area contributed by atoms with Crippen molar-refractivity contribution in [3.8, 4) is 17.1 Å². The van der Waals surface area contributed by atoms with E-state index in [0.717, 1.165) is 19.4 Å². The summed E-state index contributed by atoms with van der Waals surface area (Å²) in [7, 11) is 0. The zero-order valence-electron chi connectivity index (χ0n) is 16.1. The van der Waals surface area contributed by atoms with Gasteiger partial charge in [0, 0.05) is 20.1 Å². The number of amides is 1. The van der Waals surface area contributed by atoms with Crippen molar-refractivity contribution in [2.45, 2.75) is 0 Å². The van der Waals surface area contributed by atoms with Crippen LogP contribution in [0.1, 0.15) is 15.4 Å². The maximum Gasteiger partial charge on any atom is 0.294 e. The van der Waals surface area contributed by atoms with Crippen molar-refractivity contribution < 1.29 is 9.42 Å². The predicted octanol–water partition coefficient (Wildman–Crippen LogP) is 3.64. The number of hydrogen-bond acceptors (Lipinski definition) is 9. The second-order valence-corrected chi connectivity index (χ2v) is 8.39. The minimum atomic E-state index is -0.543. The molecule has 3 aromatic heterocycles. The Morgan fingerprint density at radius 1 is 1.16 bits per heavy atom. The van der Waals surface area contributed by atoms with Crippen LogP contribution in [0, 0.1) is 0 Å². The Bertz CT molecular complexity index is 1460. The normalized spacial score (nSPS) is 11.4. The van der Waals surface area contributed by atoms with Gasteiger partial charge >= 0.3 is 0 Å². The summed E-state index contributed by atoms with van der Waals surface area (Å²) in [4.78, 5) is 13.8. The second-order valence-electron chi connectivity index (χ2n) is 6.51. The molecule has 0 saturated carbocycles. The lowest BCUT2D eigenvalue weighted by molar-refractivity contribution is 0.0950. The highest BCUT2D eigenvalue weighted by atomic mass is 79.9. The number of thiophene rings is 1. The van der Waals surface area contributed by atoms with E-state index in [9.17, 15) is 4.79 Å². The number of carbonyl (C=O) groups is 1. The van der Waals surface area contributed by atoms with E-state index in [1.165, 1.54) is 4.68 Å². The number of carbonyl (C=O) groups excluding carboxylic acids is 1. The first kappa shape index (κ1) is 20.0. The highest BCUT2D eigenvalue weighted by Gasteiger charge is 2.25. The third kappa shape index (κ3) is 3.55. The Morgan fingerprint density at radius 3 is 2.69 bits per heavy atom. The maximum absolute atomic E-state index is 12.9. The molecule has 0 aliphatic heterocycles. The van der Waals surface area contributed by atoms with Crippen molar-refractivity contribution in [3.63, 3.8) is 0 Å². The van der Waals surface area contributed by atoms with E-state index in [0.29, 0.717) is 11.3 Å². The van der Waals surface area contributed by atoms with E-state index >= 15 is 0 Å². The maximum atomic E-state index is 12.9. The summed E-state index contributed by atoms with van der Waals surface area (Å²) in [6.07, 6.45) is 1.58. The number of benzene rings is 2. The van der Waals surface area contributed by atoms with Gasteiger partial charge in [0.15, 0.2) is 5.69 Å². The van der Waals surface area contributed by atoms with Gasteiger partial charge in [0.2, 0.25) is 11.6 Å². The molecule has 0 bridgehead atoms. The molecule has 0 spiro atoms. The largest absolute Gasteiger partial charge is 0.378 e. The third-order valence-corrected chi connectivity index (χ3v) is 6.76. The topological polar surface area (TPSA) is 137 Å². The lowest BCUT2D eigenvalue weighted by atomic mass is 10.1. The number of nitrogen functional groups attached to an aromatic ring is 1. The molecule has 2 aromatic carbocycles. The average Bonchev–Trinajstić information content (AvgIpc) is 3.52. The molecule has 0 radical (unpaired) electrons. The summed E-state index contributed by atoms with van der Waals surface area (Å²) < 4.78 is 8.01. The van der Waals surface area contributed by atoms with Crippen molar-refractivity contribution in [2.75, 3.05) is 5.73 Å². The van der Waals surface area contributed by atoms with E-state index < -0.39 is 5.91 Å². The van der Waals surface area contributed by atoms with Gasteiger partial charge in [-0.15, -0.1) is 16.4 Å². The van der Waals surface area contributed by atoms with Gasteiger partial charge in [-0.05, 0) is 32.3 Å². The van der Waals surface area contributed by atoms with Gasteiger partial charge in [-0.3, -0.25) is 4.79 Å². The molecule has 158 valence electrons. The molecule has 3 heterocycles. The first-order chi connectivity index (χ1) is 15.6. The molecule has 0 atom stereocenters. The molecule has 0 saturated heterocycles. The summed E-state index contributed by atoms with van der Waals surface area (Å²) >= 11 is 5.14. The van der Waals surface area contributed by atoms with Crippen molar-refractivity contribution in [1.82, 2.24) is 30.7 Å². The monoisotopic (exact) mass is 508 g/mol. The fourth-order valence-electron chi connectivity index (χ4n) is 3.09. The van der Waals surface area contributed by atoms with Gasteiger partial charge < -0.3 is 5.73 Å². The SMILES string of the molecule is Nc1nonc1-n1nnc(C(=O)N/N=C\c2sc3ccccc3c2Br)c1-c1ccccc1. The molecule has 12 heteroatoms. The van der Waals surface area contributed by atoms with E-state index in [1.54, 1.807) is 17.6 Å². The first-order valence-corrected chi connectivity index (χ1v) is 10.8. The number of rotatable bonds is 5. The standard InChI is InChI=1S/C20H13BrN8O2S/c21-15-12-8-4-5-9-13(12)32-14(15)10-23-25-20(30)16-17(11-6-2-1-3-7-11)29(28-24-16)19-18(22)26-31-27-19/h1-10H,(H2,22,26)(H,25,30)/b23-10-. The first-order valence-electron chi connectivity index (χ1n) is 9.23. The minimum absolute atomic E-state index is 0.0201. The smallest absolute Gasteiger partial charge is 0.294 e. The molecule has 5 aromatic rings. The third-order valence-electron chi connectivity index (χ3n) is 4.54. The quantitative estimate of drug-likeness (QED) is 0.273. The molecule has 0 aliphatic rings. The minimum Gasteiger partial charge on any atom is -0.378 e. The summed E-state index contributed by atoms with van der Waals surface area (Å²) in [5.74, 6) is -0.390. The van der Waals surface area contributed by atoms with Crippen LogP contribution >= 0.6 is 27.3 Å². The Labute approximate surface area is 192 Å². The number of hydrogen-bond donors (Lipinski definition) is 2. The van der Waals surface area contributed by atoms with Crippen molar-refractivity contribution in [3.05, 3.63) is 69.6 Å². The molecule has 0 aliphatic carbocycles. The van der Waals surface area contributed by atoms with E-state index in [-0.39, 0.29) is 17.3 Å². The molecular formula is C20H13BrN8O2S. The zero-order valence-corrected chi connectivity index (χ0v) is 18.5. The highest BCUT2D eigenvalue weighted by Crippen LogP contribution is 2.34. The molecule has 0 unspecified atom stereocenters. The lowest BCUT2D eigenvalue weighted by Crippen LogP contribution is -2.19. The fraction of sp³-hybridized carbons (Fsp3) is 0. The number of nitrogens with one attached hydrogen (secondary N) is 1. The summed E-state index contributed by atoms with van der Waals surface area (Å²) in [6, 6.07) is 17.1. The Hall–Kier alpha value is -3.90. The second kappa shape index (κ2) is 8.32. The molecular weight excluding hydrogens is 496 g/mol. The highest BCUT2D eigenvalue weighted by molar-refractivity contribution is 9.10. The molecule has 32 heavy (non-hydrogen) atoms. The number of halogens is 1. The summed E-state index contributed by atoms with van der Waals surface area (Å²) in [5.41, 5.74) is 9.43. The lowest BCUT2D eigenvalue weighted by Gasteiger charge is -2.05.